The van der Waals surface area contributed by atoms with Crippen LogP contribution in [0.2, 0.25) is 0 Å². The number of H-pyrrole nitrogens is 1. The van der Waals surface area contributed by atoms with Crippen molar-refractivity contribution < 1.29 is 9.53 Å². The van der Waals surface area contributed by atoms with Crippen LogP contribution in [0.15, 0.2) is 42.9 Å². The number of fused-ring (bicyclic) bond motifs is 4. The molecule has 0 fully saturated rings. The molecule has 30 heavy (non-hydrogen) atoms. The molecule has 0 aliphatic heterocycles. The molecule has 4 aromatic heterocycles. The number of aryl methyl sites for hydroxylation is 1. The minimum atomic E-state index is 0.0256. The van der Waals surface area contributed by atoms with Crippen LogP contribution < -0.4 is 4.74 Å². The van der Waals surface area contributed by atoms with Gasteiger partial charge in [-0.25, -0.2) is 9.97 Å². The minimum absolute atomic E-state index is 0.0256. The topological polar surface area (TPSA) is 81.0 Å². The molecule has 0 saturated heterocycles. The Morgan fingerprint density at radius 1 is 1.23 bits per heavy atom. The minimum Gasteiger partial charge on any atom is -0.497 e. The summed E-state index contributed by atoms with van der Waals surface area (Å²) < 4.78 is 9.37. The molecular formula is C22H22N6O2. The molecule has 0 radical (unpaired) electrons. The van der Waals surface area contributed by atoms with Crippen LogP contribution in [0.4, 0.5) is 0 Å². The van der Waals surface area contributed by atoms with Gasteiger partial charge in [-0.15, -0.1) is 0 Å². The molecule has 0 unspecified atom stereocenters. The third-order valence-corrected chi connectivity index (χ3v) is 5.52. The van der Waals surface area contributed by atoms with E-state index in [1.807, 2.05) is 53.1 Å². The lowest BCUT2D eigenvalue weighted by Crippen LogP contribution is -2.25. The van der Waals surface area contributed by atoms with Crippen molar-refractivity contribution in [1.29, 1.82) is 0 Å². The van der Waals surface area contributed by atoms with E-state index in [-0.39, 0.29) is 12.5 Å². The predicted octanol–water partition coefficient (Wildman–Crippen LogP) is 3.17. The lowest BCUT2D eigenvalue weighted by atomic mass is 10.1. The highest BCUT2D eigenvalue weighted by atomic mass is 16.5. The number of aromatic nitrogens is 5. The van der Waals surface area contributed by atoms with Gasteiger partial charge in [-0.1, -0.05) is 0 Å². The smallest absolute Gasteiger partial charge is 0.241 e. The molecule has 0 aliphatic rings. The van der Waals surface area contributed by atoms with Crippen LogP contribution in [0.25, 0.3) is 44.1 Å². The fourth-order valence-corrected chi connectivity index (χ4v) is 3.90. The summed E-state index contributed by atoms with van der Waals surface area (Å²) in [7, 11) is 7.14. The van der Waals surface area contributed by atoms with E-state index < -0.39 is 0 Å². The van der Waals surface area contributed by atoms with Gasteiger partial charge in [0, 0.05) is 67.0 Å². The first-order chi connectivity index (χ1) is 14.5. The number of nitrogens with zero attached hydrogens (tertiary/aromatic N) is 5. The summed E-state index contributed by atoms with van der Waals surface area (Å²) in [5.41, 5.74) is 4.47. The monoisotopic (exact) mass is 402 g/mol. The van der Waals surface area contributed by atoms with Gasteiger partial charge < -0.3 is 19.3 Å². The zero-order chi connectivity index (χ0) is 21.0. The Labute approximate surface area is 172 Å². The Hall–Kier alpha value is -3.81. The number of benzene rings is 1. The van der Waals surface area contributed by atoms with Gasteiger partial charge in [0.1, 0.15) is 12.3 Å². The van der Waals surface area contributed by atoms with Crippen molar-refractivity contribution in [3.63, 3.8) is 0 Å². The maximum absolute atomic E-state index is 12.4. The van der Waals surface area contributed by atoms with Crippen molar-refractivity contribution in [2.75, 3.05) is 21.2 Å². The summed E-state index contributed by atoms with van der Waals surface area (Å²) in [6, 6.07) is 7.93. The first kappa shape index (κ1) is 18.2. The van der Waals surface area contributed by atoms with Gasteiger partial charge in [0.05, 0.1) is 18.3 Å². The number of nitrogens with one attached hydrogen (secondary N) is 1. The number of hydrogen-bond donors (Lipinski definition) is 1. The third kappa shape index (κ3) is 2.72. The lowest BCUT2D eigenvalue weighted by Gasteiger charge is -2.11. The summed E-state index contributed by atoms with van der Waals surface area (Å²) in [5, 5.41) is 6.19. The summed E-state index contributed by atoms with van der Waals surface area (Å²) in [5.74, 6) is 0.784. The van der Waals surface area contributed by atoms with E-state index in [0.29, 0.717) is 5.65 Å². The number of ether oxygens (including phenoxy) is 1. The molecule has 1 amide bonds. The highest BCUT2D eigenvalue weighted by Gasteiger charge is 2.18. The molecule has 5 aromatic rings. The van der Waals surface area contributed by atoms with Crippen LogP contribution in [0.3, 0.4) is 0 Å². The first-order valence-corrected chi connectivity index (χ1v) is 9.63. The number of likely N-dealkylation sites (N-methyl/N-ethyl adjacent to an activating group) is 1. The average Bonchev–Trinajstić information content (AvgIpc) is 3.42. The normalized spacial score (nSPS) is 11.6. The van der Waals surface area contributed by atoms with Crippen LogP contribution in [-0.2, 0) is 18.4 Å². The second-order valence-electron chi connectivity index (χ2n) is 7.62. The summed E-state index contributed by atoms with van der Waals surface area (Å²) >= 11 is 0. The number of aromatic amines is 1. The van der Waals surface area contributed by atoms with E-state index in [9.17, 15) is 4.79 Å². The second-order valence-corrected chi connectivity index (χ2v) is 7.62. The fourth-order valence-electron chi connectivity index (χ4n) is 3.90. The highest BCUT2D eigenvalue weighted by molar-refractivity contribution is 6.06. The largest absolute Gasteiger partial charge is 0.497 e. The molecule has 1 N–H and O–H groups in total. The molecule has 0 aliphatic carbocycles. The van der Waals surface area contributed by atoms with Gasteiger partial charge in [-0.05, 0) is 24.3 Å². The molecular weight excluding hydrogens is 380 g/mol. The number of rotatable bonds is 4. The average molecular weight is 402 g/mol. The van der Waals surface area contributed by atoms with Gasteiger partial charge >= 0.3 is 0 Å². The molecule has 152 valence electrons. The van der Waals surface area contributed by atoms with E-state index in [4.69, 9.17) is 9.72 Å². The van der Waals surface area contributed by atoms with Gasteiger partial charge in [0.15, 0.2) is 5.65 Å². The van der Waals surface area contributed by atoms with Crippen molar-refractivity contribution in [2.24, 2.45) is 7.05 Å². The Kier molecular flexibility index (Phi) is 4.02. The van der Waals surface area contributed by atoms with Crippen LogP contribution in [0.1, 0.15) is 0 Å². The van der Waals surface area contributed by atoms with Crippen molar-refractivity contribution in [1.82, 2.24) is 29.2 Å². The van der Waals surface area contributed by atoms with Crippen molar-refractivity contribution in [2.45, 2.75) is 6.54 Å². The maximum atomic E-state index is 12.4. The van der Waals surface area contributed by atoms with E-state index in [0.717, 1.165) is 44.2 Å². The molecule has 0 atom stereocenters. The Morgan fingerprint density at radius 2 is 2.07 bits per heavy atom. The lowest BCUT2D eigenvalue weighted by molar-refractivity contribution is -0.129. The number of hydrogen-bond acceptors (Lipinski definition) is 4. The Morgan fingerprint density at radius 3 is 2.83 bits per heavy atom. The number of carbonyl (C=O) groups is 1. The van der Waals surface area contributed by atoms with Crippen molar-refractivity contribution >= 4 is 38.7 Å². The number of amides is 1. The maximum Gasteiger partial charge on any atom is 0.241 e. The van der Waals surface area contributed by atoms with Crippen LogP contribution in [-0.4, -0.2) is 56.3 Å². The molecule has 0 spiro atoms. The van der Waals surface area contributed by atoms with Gasteiger partial charge in [0.25, 0.3) is 0 Å². The van der Waals surface area contributed by atoms with Gasteiger partial charge in [-0.2, -0.15) is 0 Å². The first-order valence-electron chi connectivity index (χ1n) is 9.63. The molecule has 1 aromatic carbocycles. The molecule has 8 nitrogen and oxygen atoms in total. The number of pyridine rings is 1. The van der Waals surface area contributed by atoms with Crippen molar-refractivity contribution in [3.05, 3.63) is 42.9 Å². The van der Waals surface area contributed by atoms with E-state index in [1.54, 1.807) is 26.1 Å². The predicted molar refractivity (Wildman–Crippen MR) is 117 cm³/mol. The third-order valence-electron chi connectivity index (χ3n) is 5.52. The summed E-state index contributed by atoms with van der Waals surface area (Å²) in [4.78, 5) is 23.3. The standard InChI is InChI=1S/C22H22N6O2/c1-26(2)20(29)12-28-11-17(15-7-14(30-4)5-6-19(15)28)18-8-16-21-13(10-24-27(21)3)9-23-22(16)25-18/h5-11,24H,12H2,1-4H3. The van der Waals surface area contributed by atoms with E-state index >= 15 is 0 Å². The number of methoxy groups -OCH3 is 1. The summed E-state index contributed by atoms with van der Waals surface area (Å²) in [6.45, 7) is 0.255. The second kappa shape index (κ2) is 6.62. The van der Waals surface area contributed by atoms with Gasteiger partial charge in [-0.3, -0.25) is 9.48 Å². The van der Waals surface area contributed by atoms with Gasteiger partial charge in [0.2, 0.25) is 5.91 Å². The summed E-state index contributed by atoms with van der Waals surface area (Å²) in [6.07, 6.45) is 5.74. The molecule has 8 heteroatoms. The Bertz CT molecular complexity index is 1420. The highest BCUT2D eigenvalue weighted by Crippen LogP contribution is 2.35. The quantitative estimate of drug-likeness (QED) is 0.501. The zero-order valence-electron chi connectivity index (χ0n) is 17.3. The zero-order valence-corrected chi connectivity index (χ0v) is 17.3. The molecule has 4 heterocycles. The van der Waals surface area contributed by atoms with Crippen LogP contribution >= 0.6 is 0 Å². The SMILES string of the molecule is COc1ccc2c(c1)c(-c1cc3c(ncc4c[nH]n(C)c43)n1)cn2CC(=O)N(C)C. The van der Waals surface area contributed by atoms with Crippen molar-refractivity contribution in [3.8, 4) is 17.0 Å². The molecule has 0 saturated carbocycles. The van der Waals surface area contributed by atoms with Crippen LogP contribution in [0.5, 0.6) is 5.75 Å². The number of carbonyl (C=O) groups excluding carboxylic acids is 1. The Balaban J connectivity index is 1.74. The fraction of sp³-hybridized carbons (Fsp3) is 0.227. The van der Waals surface area contributed by atoms with Crippen LogP contribution in [0, 0.1) is 0 Å². The molecule has 0 bridgehead atoms. The van der Waals surface area contributed by atoms with E-state index in [2.05, 4.69) is 16.1 Å². The molecule has 5 rings (SSSR count). The van der Waals surface area contributed by atoms with E-state index in [1.165, 1.54) is 0 Å².